The second-order valence-corrected chi connectivity index (χ2v) is 14.7. The molecule has 0 aromatic heterocycles. The summed E-state index contributed by atoms with van der Waals surface area (Å²) in [6, 6.07) is 0. The number of allylic oxidation sites excluding steroid dienone is 2. The third kappa shape index (κ3) is 19.8. The molecule has 2 fully saturated rings. The quantitative estimate of drug-likeness (QED) is 0.0488. The molecule has 57 heavy (non-hydrogen) atoms. The highest BCUT2D eigenvalue weighted by Crippen LogP contribution is 2.36. The summed E-state index contributed by atoms with van der Waals surface area (Å²) in [5.41, 5.74) is 0. The van der Waals surface area contributed by atoms with E-state index in [0.717, 1.165) is 70.6 Å². The van der Waals surface area contributed by atoms with Gasteiger partial charge in [0.2, 0.25) is 0 Å². The zero-order chi connectivity index (χ0) is 41.7. The van der Waals surface area contributed by atoms with Gasteiger partial charge < -0.3 is 57.2 Å². The molecule has 13 nitrogen and oxygen atoms in total. The summed E-state index contributed by atoms with van der Waals surface area (Å²) in [5.74, 6) is -0.698. The zero-order valence-corrected chi connectivity index (χ0v) is 36.9. The first kappa shape index (κ1) is 51.9. The molecule has 0 spiro atoms. The van der Waals surface area contributed by atoms with Gasteiger partial charge in [-0.15, -0.1) is 0 Å². The van der Waals surface area contributed by atoms with Gasteiger partial charge in [-0.2, -0.15) is 0 Å². The van der Waals surface area contributed by atoms with Crippen molar-refractivity contribution < 1.29 is 62.0 Å². The highest BCUT2D eigenvalue weighted by molar-refractivity contribution is 5.66. The Labute approximate surface area is 345 Å². The minimum atomic E-state index is -0.864. The number of carboxylic acid groups (broad SMARTS) is 1. The van der Waals surface area contributed by atoms with Crippen molar-refractivity contribution in [2.75, 3.05) is 59.5 Å². The van der Waals surface area contributed by atoms with Crippen molar-refractivity contribution in [3.05, 3.63) is 12.2 Å². The maximum absolute atomic E-state index is 10.6. The third-order valence-corrected chi connectivity index (χ3v) is 10.3. The Balaban J connectivity index is 2.13. The van der Waals surface area contributed by atoms with E-state index >= 15 is 0 Å². The lowest BCUT2D eigenvalue weighted by molar-refractivity contribution is -0.383. The van der Waals surface area contributed by atoms with E-state index in [1.165, 1.54) is 6.42 Å². The minimum Gasteiger partial charge on any atom is -0.481 e. The Kier molecular flexibility index (Phi) is 29.6. The van der Waals surface area contributed by atoms with E-state index in [9.17, 15) is 4.79 Å². The molecular weight excluding hydrogens is 736 g/mol. The van der Waals surface area contributed by atoms with E-state index in [-0.39, 0.29) is 12.5 Å². The molecule has 336 valence electrons. The van der Waals surface area contributed by atoms with Crippen LogP contribution < -0.4 is 0 Å². The standard InChI is InChI=1S/C44H82O13/c1-9-47-31-34-37(49-11-3)39(51-13-5)41(53-15-7)43(55-34)57-42-40(52-14-6)38(50-12-4)35(32-48-10-2)56-44(42)54-33(8)29-27-25-23-21-19-17-16-18-20-22-24-26-28-30-36(45)46/h16-17,33-35,37-44H,9-15,18-32H2,1-8H3,(H,45,46)/b17-16-. The number of hydrogen-bond acceptors (Lipinski definition) is 12. The fourth-order valence-corrected chi connectivity index (χ4v) is 7.58. The van der Waals surface area contributed by atoms with Gasteiger partial charge in [-0.1, -0.05) is 50.7 Å². The van der Waals surface area contributed by atoms with Crippen LogP contribution in [0.1, 0.15) is 139 Å². The normalized spacial score (nSPS) is 28.6. The number of ether oxygens (including phenoxy) is 11. The van der Waals surface area contributed by atoms with Crippen LogP contribution >= 0.6 is 0 Å². The van der Waals surface area contributed by atoms with Gasteiger partial charge >= 0.3 is 5.97 Å². The summed E-state index contributed by atoms with van der Waals surface area (Å²) in [4.78, 5) is 10.6. The molecule has 0 saturated carbocycles. The maximum Gasteiger partial charge on any atom is 0.303 e. The molecule has 0 bridgehead atoms. The molecule has 2 rings (SSSR count). The van der Waals surface area contributed by atoms with Crippen molar-refractivity contribution in [3.63, 3.8) is 0 Å². The molecule has 0 aromatic carbocycles. The fourth-order valence-electron chi connectivity index (χ4n) is 7.58. The molecule has 2 saturated heterocycles. The molecule has 2 aliphatic rings. The van der Waals surface area contributed by atoms with Gasteiger partial charge in [-0.05, 0) is 93.9 Å². The van der Waals surface area contributed by atoms with E-state index < -0.39 is 67.4 Å². The lowest BCUT2D eigenvalue weighted by Crippen LogP contribution is -2.66. The molecule has 0 aromatic rings. The Bertz CT molecular complexity index is 1000. The highest BCUT2D eigenvalue weighted by atomic mass is 16.8. The minimum absolute atomic E-state index is 0.108. The lowest BCUT2D eigenvalue weighted by Gasteiger charge is -2.50. The Morgan fingerprint density at radius 3 is 1.49 bits per heavy atom. The van der Waals surface area contributed by atoms with E-state index in [4.69, 9.17) is 57.2 Å². The first-order valence-corrected chi connectivity index (χ1v) is 22.5. The van der Waals surface area contributed by atoms with Crippen LogP contribution in [0.25, 0.3) is 0 Å². The summed E-state index contributed by atoms with van der Waals surface area (Å²) in [6.45, 7) is 19.8. The molecule has 0 amide bonds. The van der Waals surface area contributed by atoms with E-state index in [1.807, 2.05) is 48.5 Å². The van der Waals surface area contributed by atoms with Crippen molar-refractivity contribution in [1.82, 2.24) is 0 Å². The zero-order valence-electron chi connectivity index (χ0n) is 36.9. The number of aliphatic carboxylic acids is 1. The third-order valence-electron chi connectivity index (χ3n) is 10.3. The molecule has 2 aliphatic heterocycles. The van der Waals surface area contributed by atoms with Crippen LogP contribution in [0.2, 0.25) is 0 Å². The van der Waals surface area contributed by atoms with Gasteiger partial charge in [0.05, 0.1) is 19.3 Å². The molecule has 11 atom stereocenters. The van der Waals surface area contributed by atoms with Crippen LogP contribution in [0, 0.1) is 0 Å². The predicted octanol–water partition coefficient (Wildman–Crippen LogP) is 8.04. The highest BCUT2D eigenvalue weighted by Gasteiger charge is 2.54. The van der Waals surface area contributed by atoms with Crippen LogP contribution in [0.3, 0.4) is 0 Å². The topological polar surface area (TPSA) is 139 Å². The van der Waals surface area contributed by atoms with Crippen molar-refractivity contribution in [3.8, 4) is 0 Å². The van der Waals surface area contributed by atoms with Crippen LogP contribution in [0.5, 0.6) is 0 Å². The fraction of sp³-hybridized carbons (Fsp3) is 0.932. The molecule has 11 unspecified atom stereocenters. The second kappa shape index (κ2) is 32.5. The SMILES string of the molecule is CCOCC1OC(OC2C(OC(C)CCCCCC/C=C\CCCCCCCC(=O)O)OC(COCC)C(OCC)C2OCC)C(OCC)C(OCC)C1OCC. The molecular formula is C44H82O13. The van der Waals surface area contributed by atoms with Crippen LogP contribution in [0.15, 0.2) is 12.2 Å². The average Bonchev–Trinajstić information content (AvgIpc) is 3.19. The largest absolute Gasteiger partial charge is 0.481 e. The smallest absolute Gasteiger partial charge is 0.303 e. The maximum atomic E-state index is 10.6. The molecule has 13 heteroatoms. The van der Waals surface area contributed by atoms with Gasteiger partial charge in [0.1, 0.15) is 48.8 Å². The van der Waals surface area contributed by atoms with Crippen molar-refractivity contribution in [2.45, 2.75) is 206 Å². The number of unbranched alkanes of at least 4 members (excludes halogenated alkanes) is 9. The van der Waals surface area contributed by atoms with Crippen LogP contribution in [0.4, 0.5) is 0 Å². The summed E-state index contributed by atoms with van der Waals surface area (Å²) >= 11 is 0. The van der Waals surface area contributed by atoms with Gasteiger partial charge in [0.25, 0.3) is 0 Å². The average molecular weight is 819 g/mol. The van der Waals surface area contributed by atoms with Crippen molar-refractivity contribution in [1.29, 1.82) is 0 Å². The summed E-state index contributed by atoms with van der Waals surface area (Å²) in [5, 5.41) is 8.75. The molecule has 0 aliphatic carbocycles. The number of carbonyl (C=O) groups is 1. The Morgan fingerprint density at radius 2 is 0.982 bits per heavy atom. The van der Waals surface area contributed by atoms with Gasteiger partial charge in [-0.3, -0.25) is 4.79 Å². The monoisotopic (exact) mass is 819 g/mol. The lowest BCUT2D eigenvalue weighted by atomic mass is 9.96. The number of rotatable bonds is 35. The molecule has 1 N–H and O–H groups in total. The first-order valence-electron chi connectivity index (χ1n) is 22.5. The van der Waals surface area contributed by atoms with Crippen LogP contribution in [-0.2, 0) is 56.9 Å². The van der Waals surface area contributed by atoms with E-state index in [2.05, 4.69) is 19.1 Å². The predicted molar refractivity (Wildman–Crippen MR) is 220 cm³/mol. The van der Waals surface area contributed by atoms with Gasteiger partial charge in [0.15, 0.2) is 12.6 Å². The second-order valence-electron chi connectivity index (χ2n) is 14.7. The summed E-state index contributed by atoms with van der Waals surface area (Å²) in [7, 11) is 0. The van der Waals surface area contributed by atoms with E-state index in [1.54, 1.807) is 0 Å². The van der Waals surface area contributed by atoms with Crippen molar-refractivity contribution in [2.24, 2.45) is 0 Å². The van der Waals surface area contributed by atoms with E-state index in [0.29, 0.717) is 59.5 Å². The first-order chi connectivity index (χ1) is 27.8. The van der Waals surface area contributed by atoms with Gasteiger partial charge in [-0.25, -0.2) is 0 Å². The van der Waals surface area contributed by atoms with Crippen molar-refractivity contribution >= 4 is 5.97 Å². The van der Waals surface area contributed by atoms with Gasteiger partial charge in [0, 0.05) is 52.7 Å². The molecule has 2 heterocycles. The number of hydrogen-bond donors (Lipinski definition) is 1. The summed E-state index contributed by atoms with van der Waals surface area (Å²) in [6.07, 6.45) is 11.8. The molecule has 0 radical (unpaired) electrons. The number of carboxylic acids is 1. The summed E-state index contributed by atoms with van der Waals surface area (Å²) < 4.78 is 70.6. The Morgan fingerprint density at radius 1 is 0.544 bits per heavy atom. The Hall–Kier alpha value is -1.23. The van der Waals surface area contributed by atoms with Crippen LogP contribution in [-0.4, -0.2) is 138 Å².